The summed E-state index contributed by atoms with van der Waals surface area (Å²) in [5, 5.41) is 11.5. The number of benzene rings is 2. The van der Waals surface area contributed by atoms with E-state index >= 15 is 0 Å². The molecule has 0 aliphatic heterocycles. The molecule has 2 aromatic carbocycles. The zero-order valence-corrected chi connectivity index (χ0v) is 19.5. The molecule has 0 unspecified atom stereocenters. The lowest BCUT2D eigenvalue weighted by molar-refractivity contribution is 0.421. The van der Waals surface area contributed by atoms with E-state index in [0.29, 0.717) is 30.1 Å². The first kappa shape index (κ1) is 22.3. The third kappa shape index (κ3) is 4.50. The van der Waals surface area contributed by atoms with Crippen molar-refractivity contribution in [3.8, 4) is 11.6 Å². The van der Waals surface area contributed by atoms with Crippen molar-refractivity contribution in [1.29, 1.82) is 0 Å². The minimum Gasteiger partial charge on any atom is -0.494 e. The average molecular weight is 431 g/mol. The van der Waals surface area contributed by atoms with Crippen molar-refractivity contribution in [2.75, 3.05) is 0 Å². The maximum atomic E-state index is 13.0. The van der Waals surface area contributed by atoms with Crippen molar-refractivity contribution in [3.05, 3.63) is 86.5 Å². The first-order chi connectivity index (χ1) is 15.6. The van der Waals surface area contributed by atoms with Gasteiger partial charge in [0, 0.05) is 12.8 Å². The van der Waals surface area contributed by atoms with Crippen LogP contribution in [-0.2, 0) is 25.7 Å². The Bertz CT molecular complexity index is 1120. The van der Waals surface area contributed by atoms with Gasteiger partial charge >= 0.3 is 0 Å². The Balaban J connectivity index is 1.84. The number of aryl methyl sites for hydroxylation is 3. The van der Waals surface area contributed by atoms with Crippen LogP contribution in [0.5, 0.6) is 5.88 Å². The highest BCUT2D eigenvalue weighted by Gasteiger charge is 2.24. The predicted molar refractivity (Wildman–Crippen MR) is 130 cm³/mol. The molecule has 4 heteroatoms. The summed E-state index contributed by atoms with van der Waals surface area (Å²) in [5.74, 6) is 1.39. The summed E-state index contributed by atoms with van der Waals surface area (Å²) in [7, 11) is 0. The van der Waals surface area contributed by atoms with Crippen LogP contribution in [0.4, 0.5) is 0 Å². The topological polar surface area (TPSA) is 55.1 Å². The van der Waals surface area contributed by atoms with E-state index in [9.17, 15) is 9.90 Å². The summed E-state index contributed by atoms with van der Waals surface area (Å²) in [5.41, 5.74) is 5.74. The van der Waals surface area contributed by atoms with Crippen molar-refractivity contribution >= 4 is 0 Å². The molecule has 168 valence electrons. The van der Waals surface area contributed by atoms with Gasteiger partial charge < -0.3 is 5.11 Å². The quantitative estimate of drug-likeness (QED) is 0.462. The van der Waals surface area contributed by atoms with Crippen molar-refractivity contribution in [1.82, 2.24) is 9.55 Å². The summed E-state index contributed by atoms with van der Waals surface area (Å²) in [6.45, 7) is 6.37. The van der Waals surface area contributed by atoms with Crippen LogP contribution in [0.3, 0.4) is 0 Å². The molecule has 1 saturated carbocycles. The normalized spacial score (nSPS) is 13.5. The number of rotatable bonds is 9. The number of unbranched alkanes of at least 4 members (excludes halogenated alkanes) is 1. The second kappa shape index (κ2) is 9.72. The van der Waals surface area contributed by atoms with Crippen molar-refractivity contribution < 1.29 is 5.11 Å². The maximum Gasteiger partial charge on any atom is 0.280 e. The Morgan fingerprint density at radius 2 is 1.66 bits per heavy atom. The van der Waals surface area contributed by atoms with Gasteiger partial charge in [-0.05, 0) is 60.3 Å². The van der Waals surface area contributed by atoms with Crippen molar-refractivity contribution in [2.24, 2.45) is 0 Å². The highest BCUT2D eigenvalue weighted by atomic mass is 16.3. The third-order valence-electron chi connectivity index (χ3n) is 6.58. The fraction of sp³-hybridized carbons (Fsp3) is 0.429. The molecular weight excluding hydrogens is 396 g/mol. The van der Waals surface area contributed by atoms with Gasteiger partial charge in [-0.3, -0.25) is 9.36 Å². The molecule has 4 rings (SSSR count). The van der Waals surface area contributed by atoms with Crippen LogP contribution < -0.4 is 5.56 Å². The smallest absolute Gasteiger partial charge is 0.280 e. The molecule has 1 aliphatic rings. The Morgan fingerprint density at radius 3 is 2.22 bits per heavy atom. The van der Waals surface area contributed by atoms with Crippen LogP contribution in [0.25, 0.3) is 5.69 Å². The highest BCUT2D eigenvalue weighted by Crippen LogP contribution is 2.40. The summed E-state index contributed by atoms with van der Waals surface area (Å²) in [4.78, 5) is 17.5. The molecule has 1 N–H and O–H groups in total. The number of aromatic hydroxyl groups is 1. The molecular formula is C28H34N2O2. The highest BCUT2D eigenvalue weighted by molar-refractivity contribution is 5.52. The molecule has 0 atom stereocenters. The Labute approximate surface area is 191 Å². The number of hydrogen-bond acceptors (Lipinski definition) is 3. The summed E-state index contributed by atoms with van der Waals surface area (Å²) in [6, 6.07) is 14.8. The van der Waals surface area contributed by atoms with Gasteiger partial charge in [-0.2, -0.15) is 4.98 Å². The van der Waals surface area contributed by atoms with Gasteiger partial charge in [0.15, 0.2) is 0 Å². The monoisotopic (exact) mass is 430 g/mol. The molecule has 1 fully saturated rings. The third-order valence-corrected chi connectivity index (χ3v) is 6.58. The van der Waals surface area contributed by atoms with E-state index in [1.54, 1.807) is 0 Å². The van der Waals surface area contributed by atoms with Crippen molar-refractivity contribution in [2.45, 2.75) is 78.1 Å². The Hall–Kier alpha value is -2.88. The van der Waals surface area contributed by atoms with Gasteiger partial charge in [-0.25, -0.2) is 0 Å². The largest absolute Gasteiger partial charge is 0.494 e. The van der Waals surface area contributed by atoms with Gasteiger partial charge in [0.1, 0.15) is 5.82 Å². The molecule has 4 nitrogen and oxygen atoms in total. The zero-order chi connectivity index (χ0) is 22.7. The van der Waals surface area contributed by atoms with E-state index < -0.39 is 0 Å². The minimum absolute atomic E-state index is 0.0398. The molecule has 0 spiro atoms. The van der Waals surface area contributed by atoms with Gasteiger partial charge in [-0.1, -0.05) is 69.7 Å². The zero-order valence-electron chi connectivity index (χ0n) is 19.5. The molecule has 1 aliphatic carbocycles. The number of aromatic nitrogens is 2. The van der Waals surface area contributed by atoms with E-state index in [-0.39, 0.29) is 11.4 Å². The second-order valence-electron chi connectivity index (χ2n) is 8.90. The molecule has 0 bridgehead atoms. The Morgan fingerprint density at radius 1 is 1.00 bits per heavy atom. The first-order valence-corrected chi connectivity index (χ1v) is 12.1. The lowest BCUT2D eigenvalue weighted by Crippen LogP contribution is -2.23. The molecule has 0 radical (unpaired) electrons. The van der Waals surface area contributed by atoms with Gasteiger partial charge in [-0.15, -0.1) is 0 Å². The summed E-state index contributed by atoms with van der Waals surface area (Å²) < 4.78 is 1.86. The second-order valence-corrected chi connectivity index (χ2v) is 8.90. The molecule has 1 aromatic heterocycles. The van der Waals surface area contributed by atoms with Crippen LogP contribution >= 0.6 is 0 Å². The van der Waals surface area contributed by atoms with Gasteiger partial charge in [0.2, 0.25) is 5.88 Å². The molecule has 1 heterocycles. The maximum absolute atomic E-state index is 13.0. The van der Waals surface area contributed by atoms with Crippen LogP contribution in [0.15, 0.2) is 47.3 Å². The molecule has 3 aromatic rings. The van der Waals surface area contributed by atoms with Crippen LogP contribution in [0.2, 0.25) is 0 Å². The van der Waals surface area contributed by atoms with E-state index in [1.807, 2.05) is 4.57 Å². The fourth-order valence-corrected chi connectivity index (χ4v) is 4.51. The SMILES string of the molecule is CCCCc1nc(=O)c(Cc2ccc(C3CC3)cc2)c(O)n1-c1c(CC)cccc1CC. The van der Waals surface area contributed by atoms with Crippen LogP contribution in [0.1, 0.15) is 86.0 Å². The lowest BCUT2D eigenvalue weighted by atomic mass is 10.0. The van der Waals surface area contributed by atoms with E-state index in [2.05, 4.69) is 68.2 Å². The van der Waals surface area contributed by atoms with Crippen molar-refractivity contribution in [3.63, 3.8) is 0 Å². The summed E-state index contributed by atoms with van der Waals surface area (Å²) in [6.07, 6.45) is 7.20. The van der Waals surface area contributed by atoms with E-state index in [4.69, 9.17) is 0 Å². The van der Waals surface area contributed by atoms with E-state index in [0.717, 1.165) is 48.1 Å². The average Bonchev–Trinajstić information content (AvgIpc) is 3.66. The van der Waals surface area contributed by atoms with Crippen LogP contribution in [-0.4, -0.2) is 14.7 Å². The standard InChI is InChI=1S/C28H34N2O2/c1-4-7-11-25-29-27(31)24(18-19-12-14-22(15-13-19)23-16-17-23)28(32)30(25)26-20(5-2)9-8-10-21(26)6-3/h8-10,12-15,23,32H,4-7,11,16-18H2,1-3H3. The summed E-state index contributed by atoms with van der Waals surface area (Å²) >= 11 is 0. The van der Waals surface area contributed by atoms with E-state index in [1.165, 1.54) is 18.4 Å². The first-order valence-electron chi connectivity index (χ1n) is 12.1. The lowest BCUT2D eigenvalue weighted by Gasteiger charge is -2.22. The minimum atomic E-state index is -0.317. The van der Waals surface area contributed by atoms with Crippen LogP contribution in [0, 0.1) is 0 Å². The number of hydrogen-bond donors (Lipinski definition) is 1. The predicted octanol–water partition coefficient (Wildman–Crippen LogP) is 5.87. The number of para-hydroxylation sites is 1. The Kier molecular flexibility index (Phi) is 6.78. The molecule has 32 heavy (non-hydrogen) atoms. The van der Waals surface area contributed by atoms with Gasteiger partial charge in [0.25, 0.3) is 5.56 Å². The van der Waals surface area contributed by atoms with Gasteiger partial charge in [0.05, 0.1) is 11.3 Å². The molecule has 0 amide bonds. The number of nitrogens with zero attached hydrogens (tertiary/aromatic N) is 2. The fourth-order valence-electron chi connectivity index (χ4n) is 4.51. The molecule has 0 saturated heterocycles.